The number of hydrogen-bond acceptors (Lipinski definition) is 2. The number of amides is 1. The molecule has 0 unspecified atom stereocenters. The zero-order valence-electron chi connectivity index (χ0n) is 10.8. The van der Waals surface area contributed by atoms with E-state index in [2.05, 4.69) is 5.32 Å². The fraction of sp³-hybridized carbons (Fsp3) is 0.133. The third-order valence-electron chi connectivity index (χ3n) is 2.87. The summed E-state index contributed by atoms with van der Waals surface area (Å²) in [6.07, 6.45) is 0. The Bertz CT molecular complexity index is 638. The molecule has 1 amide bonds. The minimum absolute atomic E-state index is 0.298. The first kappa shape index (κ1) is 13.1. The van der Waals surface area contributed by atoms with Gasteiger partial charge in [0.2, 0.25) is 0 Å². The second-order valence-electron chi connectivity index (χ2n) is 4.51. The zero-order chi connectivity index (χ0) is 14.0. The Kier molecular flexibility index (Phi) is 3.51. The second kappa shape index (κ2) is 5.10. The molecule has 0 heterocycles. The molecule has 0 aromatic heterocycles. The number of nitrogens with two attached hydrogens (primary N) is 1. The number of nitrogens with one attached hydrogen (secondary N) is 1. The van der Waals surface area contributed by atoms with E-state index in [1.165, 1.54) is 12.1 Å². The first-order valence-corrected chi connectivity index (χ1v) is 5.91. The third kappa shape index (κ3) is 2.91. The quantitative estimate of drug-likeness (QED) is 0.812. The van der Waals surface area contributed by atoms with E-state index in [1.807, 2.05) is 13.0 Å². The lowest BCUT2D eigenvalue weighted by Crippen LogP contribution is -2.14. The molecule has 0 atom stereocenters. The van der Waals surface area contributed by atoms with Crippen LogP contribution in [-0.2, 0) is 0 Å². The summed E-state index contributed by atoms with van der Waals surface area (Å²) < 4.78 is 13.1. The number of rotatable bonds is 2. The monoisotopic (exact) mass is 258 g/mol. The molecule has 3 N–H and O–H groups in total. The number of halogens is 1. The van der Waals surface area contributed by atoms with E-state index in [1.54, 1.807) is 25.1 Å². The predicted molar refractivity (Wildman–Crippen MR) is 74.7 cm³/mol. The lowest BCUT2D eigenvalue weighted by molar-refractivity contribution is 0.102. The fourth-order valence-electron chi connectivity index (χ4n) is 1.79. The topological polar surface area (TPSA) is 55.1 Å². The third-order valence-corrected chi connectivity index (χ3v) is 2.87. The maximum Gasteiger partial charge on any atom is 0.257 e. The van der Waals surface area contributed by atoms with Crippen molar-refractivity contribution in [3.8, 4) is 0 Å². The number of nitrogen functional groups attached to an aromatic ring is 1. The van der Waals surface area contributed by atoms with Crippen LogP contribution in [0.25, 0.3) is 0 Å². The highest BCUT2D eigenvalue weighted by Gasteiger charge is 2.10. The maximum atomic E-state index is 13.1. The number of carbonyl (C=O) groups is 1. The summed E-state index contributed by atoms with van der Waals surface area (Å²) in [5, 5.41) is 2.71. The van der Waals surface area contributed by atoms with Crippen LogP contribution in [0.1, 0.15) is 21.5 Å². The highest BCUT2D eigenvalue weighted by molar-refractivity contribution is 6.07. The molecule has 2 rings (SSSR count). The Balaban J connectivity index is 2.25. The van der Waals surface area contributed by atoms with E-state index in [0.29, 0.717) is 22.5 Å². The van der Waals surface area contributed by atoms with Crippen molar-refractivity contribution in [2.24, 2.45) is 0 Å². The molecular formula is C15H15FN2O. The standard InChI is InChI=1S/C15H15FN2O/c1-9-3-6-14(17)12(7-9)15(19)18-11-4-5-13(16)10(2)8-11/h3-8H,17H2,1-2H3,(H,18,19). The normalized spacial score (nSPS) is 10.3. The molecule has 0 saturated heterocycles. The minimum atomic E-state index is -0.299. The average molecular weight is 258 g/mol. The van der Waals surface area contributed by atoms with Crippen LogP contribution in [0.4, 0.5) is 15.8 Å². The van der Waals surface area contributed by atoms with Crippen molar-refractivity contribution in [2.45, 2.75) is 13.8 Å². The van der Waals surface area contributed by atoms with Crippen molar-refractivity contribution in [1.82, 2.24) is 0 Å². The van der Waals surface area contributed by atoms with Crippen molar-refractivity contribution in [3.05, 3.63) is 58.9 Å². The Labute approximate surface area is 111 Å². The van der Waals surface area contributed by atoms with Crippen molar-refractivity contribution >= 4 is 17.3 Å². The van der Waals surface area contributed by atoms with Gasteiger partial charge in [-0.05, 0) is 49.7 Å². The maximum absolute atomic E-state index is 13.1. The number of carbonyl (C=O) groups excluding carboxylic acids is 1. The molecule has 2 aromatic rings. The Hall–Kier alpha value is -2.36. The van der Waals surface area contributed by atoms with Crippen molar-refractivity contribution in [3.63, 3.8) is 0 Å². The molecule has 0 aliphatic rings. The van der Waals surface area contributed by atoms with E-state index >= 15 is 0 Å². The molecule has 0 bridgehead atoms. The SMILES string of the molecule is Cc1ccc(N)c(C(=O)Nc2ccc(F)c(C)c2)c1. The molecule has 0 fully saturated rings. The van der Waals surface area contributed by atoms with Crippen LogP contribution in [0.5, 0.6) is 0 Å². The van der Waals surface area contributed by atoms with Gasteiger partial charge in [0.05, 0.1) is 5.56 Å². The highest BCUT2D eigenvalue weighted by atomic mass is 19.1. The summed E-state index contributed by atoms with van der Waals surface area (Å²) in [7, 11) is 0. The van der Waals surface area contributed by atoms with E-state index < -0.39 is 0 Å². The van der Waals surface area contributed by atoms with Gasteiger partial charge in [0.25, 0.3) is 5.91 Å². The van der Waals surface area contributed by atoms with Gasteiger partial charge in [-0.25, -0.2) is 4.39 Å². The van der Waals surface area contributed by atoms with Gasteiger partial charge in [0.1, 0.15) is 5.82 Å². The molecule has 19 heavy (non-hydrogen) atoms. The molecule has 0 spiro atoms. The van der Waals surface area contributed by atoms with Crippen LogP contribution < -0.4 is 11.1 Å². The lowest BCUT2D eigenvalue weighted by Gasteiger charge is -2.09. The average Bonchev–Trinajstić information content (AvgIpc) is 2.36. The number of hydrogen-bond donors (Lipinski definition) is 2. The van der Waals surface area contributed by atoms with Gasteiger partial charge >= 0.3 is 0 Å². The fourth-order valence-corrected chi connectivity index (χ4v) is 1.79. The first-order valence-electron chi connectivity index (χ1n) is 5.91. The van der Waals surface area contributed by atoms with Crippen LogP contribution in [0, 0.1) is 19.7 Å². The summed E-state index contributed by atoms with van der Waals surface area (Å²) in [6.45, 7) is 3.53. The summed E-state index contributed by atoms with van der Waals surface area (Å²) in [5.41, 5.74) is 8.60. The zero-order valence-corrected chi connectivity index (χ0v) is 10.8. The van der Waals surface area contributed by atoms with Crippen LogP contribution in [0.15, 0.2) is 36.4 Å². The minimum Gasteiger partial charge on any atom is -0.398 e. The summed E-state index contributed by atoms with van der Waals surface area (Å²) in [6, 6.07) is 9.69. The van der Waals surface area contributed by atoms with Gasteiger partial charge in [-0.1, -0.05) is 11.6 Å². The molecule has 0 saturated carbocycles. The van der Waals surface area contributed by atoms with Crippen LogP contribution in [0.3, 0.4) is 0 Å². The Morgan fingerprint density at radius 3 is 2.58 bits per heavy atom. The predicted octanol–water partition coefficient (Wildman–Crippen LogP) is 3.28. The van der Waals surface area contributed by atoms with Crippen LogP contribution >= 0.6 is 0 Å². The van der Waals surface area contributed by atoms with E-state index in [4.69, 9.17) is 5.73 Å². The van der Waals surface area contributed by atoms with Crippen molar-refractivity contribution in [2.75, 3.05) is 11.1 Å². The highest BCUT2D eigenvalue weighted by Crippen LogP contribution is 2.18. The van der Waals surface area contributed by atoms with Gasteiger partial charge in [-0.15, -0.1) is 0 Å². The van der Waals surface area contributed by atoms with Gasteiger partial charge in [-0.2, -0.15) is 0 Å². The van der Waals surface area contributed by atoms with E-state index in [-0.39, 0.29) is 11.7 Å². The molecule has 3 nitrogen and oxygen atoms in total. The number of anilines is 2. The van der Waals surface area contributed by atoms with Crippen molar-refractivity contribution in [1.29, 1.82) is 0 Å². The van der Waals surface area contributed by atoms with E-state index in [0.717, 1.165) is 5.56 Å². The molecule has 0 aliphatic heterocycles. The molecule has 4 heteroatoms. The molecule has 98 valence electrons. The molecular weight excluding hydrogens is 243 g/mol. The number of benzene rings is 2. The molecule has 0 radical (unpaired) electrons. The van der Waals surface area contributed by atoms with Crippen LogP contribution in [-0.4, -0.2) is 5.91 Å². The van der Waals surface area contributed by atoms with Crippen molar-refractivity contribution < 1.29 is 9.18 Å². The largest absolute Gasteiger partial charge is 0.398 e. The second-order valence-corrected chi connectivity index (χ2v) is 4.51. The van der Waals surface area contributed by atoms with E-state index in [9.17, 15) is 9.18 Å². The Morgan fingerprint density at radius 2 is 1.89 bits per heavy atom. The lowest BCUT2D eigenvalue weighted by atomic mass is 10.1. The van der Waals surface area contributed by atoms with Gasteiger partial charge in [0.15, 0.2) is 0 Å². The summed E-state index contributed by atoms with van der Waals surface area (Å²) >= 11 is 0. The first-order chi connectivity index (χ1) is 8.97. The smallest absolute Gasteiger partial charge is 0.257 e. The van der Waals surface area contributed by atoms with Crippen LogP contribution in [0.2, 0.25) is 0 Å². The van der Waals surface area contributed by atoms with Gasteiger partial charge in [-0.3, -0.25) is 4.79 Å². The van der Waals surface area contributed by atoms with Gasteiger partial charge < -0.3 is 11.1 Å². The molecule has 0 aliphatic carbocycles. The summed E-state index contributed by atoms with van der Waals surface area (Å²) in [5.74, 6) is -0.597. The Morgan fingerprint density at radius 1 is 1.16 bits per heavy atom. The molecule has 2 aromatic carbocycles. The number of aryl methyl sites for hydroxylation is 2. The van der Waals surface area contributed by atoms with Gasteiger partial charge in [0, 0.05) is 11.4 Å². The summed E-state index contributed by atoms with van der Waals surface area (Å²) in [4.78, 5) is 12.1.